The average molecular weight is 268 g/mol. The first-order valence-corrected chi connectivity index (χ1v) is 6.07. The predicted octanol–water partition coefficient (Wildman–Crippen LogP) is 2.98. The van der Waals surface area contributed by atoms with E-state index in [1.807, 2.05) is 18.2 Å². The number of carbonyl (C=O) groups is 1. The highest BCUT2D eigenvalue weighted by atomic mass is 16.5. The number of carboxylic acid groups (broad SMARTS) is 1. The molecule has 1 aromatic carbocycles. The van der Waals surface area contributed by atoms with Gasteiger partial charge in [0.1, 0.15) is 18.1 Å². The quantitative estimate of drug-likeness (QED) is 0.713. The highest BCUT2D eigenvalue weighted by Gasteiger charge is 2.10. The van der Waals surface area contributed by atoms with E-state index in [1.165, 1.54) is 6.20 Å². The number of carboxylic acids is 1. The van der Waals surface area contributed by atoms with E-state index < -0.39 is 5.97 Å². The Balaban J connectivity index is 2.20. The summed E-state index contributed by atoms with van der Waals surface area (Å²) in [5.41, 5.74) is 1.73. The van der Waals surface area contributed by atoms with Crippen molar-refractivity contribution in [1.29, 1.82) is 0 Å². The van der Waals surface area contributed by atoms with E-state index in [1.54, 1.807) is 12.1 Å². The van der Waals surface area contributed by atoms with Gasteiger partial charge in [0.05, 0.1) is 11.7 Å². The van der Waals surface area contributed by atoms with E-state index in [4.69, 9.17) is 9.84 Å². The molecule has 0 fully saturated rings. The summed E-state index contributed by atoms with van der Waals surface area (Å²) >= 11 is 0. The van der Waals surface area contributed by atoms with Crippen LogP contribution in [-0.2, 0) is 0 Å². The zero-order valence-corrected chi connectivity index (χ0v) is 10.6. The van der Waals surface area contributed by atoms with Crippen molar-refractivity contribution in [3.05, 3.63) is 48.8 Å². The lowest BCUT2D eigenvalue weighted by Crippen LogP contribution is -1.98. The van der Waals surface area contributed by atoms with Crippen molar-refractivity contribution in [2.24, 2.45) is 0 Å². The van der Waals surface area contributed by atoms with Crippen molar-refractivity contribution >= 4 is 27.8 Å². The number of pyridine rings is 1. The SMILES string of the molecule is C=CCOc1ccc2[nH]c3cnc(C(=O)O)cc3c2c1. The summed E-state index contributed by atoms with van der Waals surface area (Å²) in [5, 5.41) is 10.7. The topological polar surface area (TPSA) is 75.2 Å². The van der Waals surface area contributed by atoms with Crippen molar-refractivity contribution in [3.8, 4) is 5.75 Å². The molecule has 20 heavy (non-hydrogen) atoms. The Hall–Kier alpha value is -2.82. The van der Waals surface area contributed by atoms with Gasteiger partial charge in [-0.15, -0.1) is 0 Å². The molecule has 2 aromatic heterocycles. The molecule has 5 heteroatoms. The van der Waals surface area contributed by atoms with Gasteiger partial charge in [-0.2, -0.15) is 0 Å². The number of ether oxygens (including phenoxy) is 1. The number of aromatic carboxylic acids is 1. The molecule has 0 spiro atoms. The molecule has 0 saturated carbocycles. The van der Waals surface area contributed by atoms with Crippen LogP contribution in [0, 0.1) is 0 Å². The molecule has 0 amide bonds. The number of benzene rings is 1. The van der Waals surface area contributed by atoms with Crippen LogP contribution >= 0.6 is 0 Å². The zero-order valence-electron chi connectivity index (χ0n) is 10.6. The molecule has 3 rings (SSSR count). The number of aromatic nitrogens is 2. The number of rotatable bonds is 4. The van der Waals surface area contributed by atoms with Crippen LogP contribution in [-0.4, -0.2) is 27.7 Å². The van der Waals surface area contributed by atoms with Crippen LogP contribution in [0.25, 0.3) is 21.8 Å². The van der Waals surface area contributed by atoms with Gasteiger partial charge in [0.15, 0.2) is 0 Å². The fraction of sp³-hybridized carbons (Fsp3) is 0.0667. The molecular formula is C15H12N2O3. The van der Waals surface area contributed by atoms with Gasteiger partial charge < -0.3 is 14.8 Å². The van der Waals surface area contributed by atoms with Gasteiger partial charge in [-0.1, -0.05) is 12.7 Å². The van der Waals surface area contributed by atoms with Gasteiger partial charge in [-0.3, -0.25) is 0 Å². The van der Waals surface area contributed by atoms with Crippen molar-refractivity contribution < 1.29 is 14.6 Å². The lowest BCUT2D eigenvalue weighted by atomic mass is 10.1. The zero-order chi connectivity index (χ0) is 14.1. The van der Waals surface area contributed by atoms with Gasteiger partial charge in [-0.25, -0.2) is 9.78 Å². The minimum absolute atomic E-state index is 0.0239. The maximum Gasteiger partial charge on any atom is 0.354 e. The molecule has 2 N–H and O–H groups in total. The number of hydrogen-bond donors (Lipinski definition) is 2. The van der Waals surface area contributed by atoms with Crippen molar-refractivity contribution in [3.63, 3.8) is 0 Å². The minimum Gasteiger partial charge on any atom is -0.490 e. The number of nitrogens with one attached hydrogen (secondary N) is 1. The first kappa shape index (κ1) is 12.2. The lowest BCUT2D eigenvalue weighted by Gasteiger charge is -2.02. The Morgan fingerprint density at radius 2 is 2.15 bits per heavy atom. The average Bonchev–Trinajstić information content (AvgIpc) is 2.82. The summed E-state index contributed by atoms with van der Waals surface area (Å²) in [6.45, 7) is 4.03. The van der Waals surface area contributed by atoms with Gasteiger partial charge >= 0.3 is 5.97 Å². The molecule has 3 aromatic rings. The summed E-state index contributed by atoms with van der Waals surface area (Å²) in [6, 6.07) is 7.19. The van der Waals surface area contributed by atoms with Crippen LogP contribution < -0.4 is 4.74 Å². The van der Waals surface area contributed by atoms with Crippen LogP contribution in [0.3, 0.4) is 0 Å². The standard InChI is InChI=1S/C15H12N2O3/c1-2-5-20-9-3-4-12-10(6-9)11-7-13(15(18)19)16-8-14(11)17-12/h2-4,6-8,17H,1,5H2,(H,18,19). The predicted molar refractivity (Wildman–Crippen MR) is 76.3 cm³/mol. The van der Waals surface area contributed by atoms with Gasteiger partial charge in [0.25, 0.3) is 0 Å². The highest BCUT2D eigenvalue weighted by Crippen LogP contribution is 2.28. The molecular weight excluding hydrogens is 256 g/mol. The fourth-order valence-corrected chi connectivity index (χ4v) is 2.14. The van der Waals surface area contributed by atoms with E-state index in [-0.39, 0.29) is 5.69 Å². The van der Waals surface area contributed by atoms with Crippen LogP contribution in [0.2, 0.25) is 0 Å². The number of nitrogens with zero attached hydrogens (tertiary/aromatic N) is 1. The second-order valence-electron chi connectivity index (χ2n) is 4.35. The second-order valence-corrected chi connectivity index (χ2v) is 4.35. The number of fused-ring (bicyclic) bond motifs is 3. The maximum atomic E-state index is 11.0. The third-order valence-electron chi connectivity index (χ3n) is 3.04. The van der Waals surface area contributed by atoms with Gasteiger partial charge in [-0.05, 0) is 24.3 Å². The molecule has 0 aliphatic carbocycles. The second kappa shape index (κ2) is 4.70. The Labute approximate surface area is 114 Å². The third-order valence-corrected chi connectivity index (χ3v) is 3.04. The van der Waals surface area contributed by atoms with E-state index in [2.05, 4.69) is 16.5 Å². The summed E-state index contributed by atoms with van der Waals surface area (Å²) < 4.78 is 5.50. The summed E-state index contributed by atoms with van der Waals surface area (Å²) in [7, 11) is 0. The Kier molecular flexibility index (Phi) is 2.87. The van der Waals surface area contributed by atoms with Crippen molar-refractivity contribution in [1.82, 2.24) is 9.97 Å². The van der Waals surface area contributed by atoms with Gasteiger partial charge in [0, 0.05) is 16.3 Å². The summed E-state index contributed by atoms with van der Waals surface area (Å²) in [4.78, 5) is 18.1. The molecule has 5 nitrogen and oxygen atoms in total. The van der Waals surface area contributed by atoms with Crippen LogP contribution in [0.15, 0.2) is 43.1 Å². The van der Waals surface area contributed by atoms with Gasteiger partial charge in [0.2, 0.25) is 0 Å². The van der Waals surface area contributed by atoms with Crippen LogP contribution in [0.5, 0.6) is 5.75 Å². The van der Waals surface area contributed by atoms with Crippen LogP contribution in [0.1, 0.15) is 10.5 Å². The molecule has 0 aliphatic heterocycles. The molecule has 0 unspecified atom stereocenters. The van der Waals surface area contributed by atoms with E-state index in [0.717, 1.165) is 21.8 Å². The number of aromatic amines is 1. The molecule has 0 aliphatic rings. The molecule has 0 radical (unpaired) electrons. The monoisotopic (exact) mass is 268 g/mol. The fourth-order valence-electron chi connectivity index (χ4n) is 2.14. The molecule has 0 saturated heterocycles. The first-order chi connectivity index (χ1) is 9.69. The Bertz CT molecular complexity index is 820. The molecule has 0 atom stereocenters. The Morgan fingerprint density at radius 3 is 2.90 bits per heavy atom. The minimum atomic E-state index is -1.04. The Morgan fingerprint density at radius 1 is 1.35 bits per heavy atom. The van der Waals surface area contributed by atoms with Crippen molar-refractivity contribution in [2.45, 2.75) is 0 Å². The summed E-state index contributed by atoms with van der Waals surface area (Å²) in [6.07, 6.45) is 3.20. The van der Waals surface area contributed by atoms with Crippen molar-refractivity contribution in [2.75, 3.05) is 6.61 Å². The number of hydrogen-bond acceptors (Lipinski definition) is 3. The highest BCUT2D eigenvalue weighted by molar-refractivity contribution is 6.08. The van der Waals surface area contributed by atoms with E-state index >= 15 is 0 Å². The maximum absolute atomic E-state index is 11.0. The number of H-pyrrole nitrogens is 1. The largest absolute Gasteiger partial charge is 0.490 e. The normalized spacial score (nSPS) is 10.8. The van der Waals surface area contributed by atoms with E-state index in [9.17, 15) is 4.79 Å². The lowest BCUT2D eigenvalue weighted by molar-refractivity contribution is 0.0691. The molecule has 2 heterocycles. The summed E-state index contributed by atoms with van der Waals surface area (Å²) in [5.74, 6) is -0.327. The smallest absolute Gasteiger partial charge is 0.354 e. The first-order valence-electron chi connectivity index (χ1n) is 6.07. The van der Waals surface area contributed by atoms with Crippen LogP contribution in [0.4, 0.5) is 0 Å². The molecule has 0 bridgehead atoms. The third kappa shape index (κ3) is 1.99. The molecule has 100 valence electrons. The van der Waals surface area contributed by atoms with E-state index in [0.29, 0.717) is 12.4 Å².